The molecule has 6 heteroatoms. The Morgan fingerprint density at radius 1 is 1.13 bits per heavy atom. The summed E-state index contributed by atoms with van der Waals surface area (Å²) in [6.07, 6.45) is 0.160. The average molecular weight is 334 g/mol. The topological polar surface area (TPSA) is 64.6 Å². The molecule has 2 aromatic rings. The van der Waals surface area contributed by atoms with Gasteiger partial charge in [0.05, 0.1) is 30.7 Å². The van der Waals surface area contributed by atoms with Crippen LogP contribution in [0.15, 0.2) is 48.5 Å². The lowest BCUT2D eigenvalue weighted by atomic mass is 10.2. The van der Waals surface area contributed by atoms with Crippen LogP contribution in [0.25, 0.3) is 0 Å². The average Bonchev–Trinajstić information content (AvgIpc) is 2.56. The van der Waals surface area contributed by atoms with Gasteiger partial charge in [-0.05, 0) is 30.3 Å². The Balaban J connectivity index is 1.85. The number of carbonyl (C=O) groups is 2. The molecule has 0 atom stereocenters. The number of benzene rings is 2. The van der Waals surface area contributed by atoms with Gasteiger partial charge in [0, 0.05) is 5.69 Å². The molecule has 120 valence electrons. The summed E-state index contributed by atoms with van der Waals surface area (Å²) in [7, 11) is 1.31. The molecule has 0 unspecified atom stereocenters. The van der Waals surface area contributed by atoms with E-state index in [4.69, 9.17) is 16.3 Å². The van der Waals surface area contributed by atoms with Gasteiger partial charge in [0.15, 0.2) is 0 Å². The van der Waals surface area contributed by atoms with Crippen LogP contribution in [0.4, 0.5) is 5.69 Å². The minimum Gasteiger partial charge on any atom is -0.491 e. The molecule has 0 radical (unpaired) electrons. The Hall–Kier alpha value is -2.53. The summed E-state index contributed by atoms with van der Waals surface area (Å²) < 4.78 is 10.1. The van der Waals surface area contributed by atoms with Crippen molar-refractivity contribution >= 4 is 29.2 Å². The SMILES string of the molecule is COC(=O)c1cccc(NC(=O)CCOc2ccccc2Cl)c1. The number of halogens is 1. The zero-order chi connectivity index (χ0) is 16.7. The van der Waals surface area contributed by atoms with Crippen LogP contribution in [0.2, 0.25) is 5.02 Å². The molecule has 5 nitrogen and oxygen atoms in total. The number of ether oxygens (including phenoxy) is 2. The lowest BCUT2D eigenvalue weighted by molar-refractivity contribution is -0.116. The van der Waals surface area contributed by atoms with E-state index in [9.17, 15) is 9.59 Å². The van der Waals surface area contributed by atoms with Gasteiger partial charge in [-0.15, -0.1) is 0 Å². The number of carbonyl (C=O) groups excluding carboxylic acids is 2. The second-order valence-electron chi connectivity index (χ2n) is 4.65. The molecule has 0 spiro atoms. The normalized spacial score (nSPS) is 10.0. The smallest absolute Gasteiger partial charge is 0.337 e. The van der Waals surface area contributed by atoms with Gasteiger partial charge in [0.25, 0.3) is 0 Å². The summed E-state index contributed by atoms with van der Waals surface area (Å²) in [5.41, 5.74) is 0.897. The van der Waals surface area contributed by atoms with E-state index in [0.717, 1.165) is 0 Å². The Labute approximate surface area is 139 Å². The molecule has 0 saturated heterocycles. The predicted octanol–water partition coefficient (Wildman–Crippen LogP) is 3.53. The molecule has 0 aromatic heterocycles. The molecule has 1 N–H and O–H groups in total. The minimum absolute atomic E-state index is 0.160. The number of nitrogens with one attached hydrogen (secondary N) is 1. The Kier molecular flexibility index (Phi) is 6.00. The summed E-state index contributed by atoms with van der Waals surface area (Å²) >= 11 is 5.96. The second kappa shape index (κ2) is 8.19. The van der Waals surface area contributed by atoms with Crippen molar-refractivity contribution in [2.45, 2.75) is 6.42 Å². The van der Waals surface area contributed by atoms with E-state index in [1.54, 1.807) is 48.5 Å². The third-order valence-corrected chi connectivity index (χ3v) is 3.30. The largest absolute Gasteiger partial charge is 0.491 e. The van der Waals surface area contributed by atoms with Crippen LogP contribution in [-0.4, -0.2) is 25.6 Å². The third-order valence-electron chi connectivity index (χ3n) is 2.99. The van der Waals surface area contributed by atoms with Crippen molar-refractivity contribution in [3.63, 3.8) is 0 Å². The van der Waals surface area contributed by atoms with E-state index in [-0.39, 0.29) is 18.9 Å². The molecule has 0 aliphatic carbocycles. The molecule has 0 bridgehead atoms. The van der Waals surface area contributed by atoms with Crippen molar-refractivity contribution in [1.82, 2.24) is 0 Å². The molecule has 2 rings (SSSR count). The number of methoxy groups -OCH3 is 1. The molecule has 0 heterocycles. The number of rotatable bonds is 6. The Morgan fingerprint density at radius 2 is 1.91 bits per heavy atom. The van der Waals surface area contributed by atoms with Gasteiger partial charge in [-0.1, -0.05) is 29.8 Å². The number of esters is 1. The molecular weight excluding hydrogens is 318 g/mol. The highest BCUT2D eigenvalue weighted by Gasteiger charge is 2.08. The van der Waals surface area contributed by atoms with Gasteiger partial charge in [-0.3, -0.25) is 4.79 Å². The van der Waals surface area contributed by atoms with Crippen LogP contribution in [0.5, 0.6) is 5.75 Å². The highest BCUT2D eigenvalue weighted by molar-refractivity contribution is 6.32. The van der Waals surface area contributed by atoms with Gasteiger partial charge in [0.1, 0.15) is 5.75 Å². The number of hydrogen-bond acceptors (Lipinski definition) is 4. The zero-order valence-electron chi connectivity index (χ0n) is 12.5. The van der Waals surface area contributed by atoms with Crippen LogP contribution < -0.4 is 10.1 Å². The van der Waals surface area contributed by atoms with E-state index >= 15 is 0 Å². The predicted molar refractivity (Wildman–Crippen MR) is 88.0 cm³/mol. The van der Waals surface area contributed by atoms with Crippen molar-refractivity contribution in [2.24, 2.45) is 0 Å². The Bertz CT molecular complexity index is 702. The van der Waals surface area contributed by atoms with Gasteiger partial charge >= 0.3 is 5.97 Å². The first-order chi connectivity index (χ1) is 11.1. The summed E-state index contributed by atoms with van der Waals surface area (Å²) in [4.78, 5) is 23.3. The zero-order valence-corrected chi connectivity index (χ0v) is 13.3. The fraction of sp³-hybridized carbons (Fsp3) is 0.176. The van der Waals surface area contributed by atoms with Crippen LogP contribution >= 0.6 is 11.6 Å². The fourth-order valence-corrected chi connectivity index (χ4v) is 2.07. The lowest BCUT2D eigenvalue weighted by Crippen LogP contribution is -2.15. The molecule has 0 aliphatic heterocycles. The molecule has 1 amide bonds. The monoisotopic (exact) mass is 333 g/mol. The third kappa shape index (κ3) is 5.00. The van der Waals surface area contributed by atoms with Crippen LogP contribution in [0, 0.1) is 0 Å². The highest BCUT2D eigenvalue weighted by Crippen LogP contribution is 2.23. The standard InChI is InChI=1S/C17H16ClNO4/c1-22-17(21)12-5-4-6-13(11-12)19-16(20)9-10-23-15-8-3-2-7-14(15)18/h2-8,11H,9-10H2,1H3,(H,19,20). The summed E-state index contributed by atoms with van der Waals surface area (Å²) in [6.45, 7) is 0.201. The maximum Gasteiger partial charge on any atom is 0.337 e. The number of amides is 1. The summed E-state index contributed by atoms with van der Waals surface area (Å²) in [5.74, 6) is -0.142. The van der Waals surface area contributed by atoms with Crippen molar-refractivity contribution < 1.29 is 19.1 Å². The first-order valence-corrected chi connectivity index (χ1v) is 7.33. The van der Waals surface area contributed by atoms with Crippen molar-refractivity contribution in [2.75, 3.05) is 19.0 Å². The molecular formula is C17H16ClNO4. The quantitative estimate of drug-likeness (QED) is 0.821. The van der Waals surface area contributed by atoms with Crippen molar-refractivity contribution in [1.29, 1.82) is 0 Å². The molecule has 23 heavy (non-hydrogen) atoms. The molecule has 0 aliphatic rings. The highest BCUT2D eigenvalue weighted by atomic mass is 35.5. The van der Waals surface area contributed by atoms with Crippen LogP contribution in [0.3, 0.4) is 0 Å². The first-order valence-electron chi connectivity index (χ1n) is 6.95. The van der Waals surface area contributed by atoms with Gasteiger partial charge < -0.3 is 14.8 Å². The molecule has 2 aromatic carbocycles. The van der Waals surface area contributed by atoms with E-state index in [0.29, 0.717) is 22.0 Å². The number of hydrogen-bond donors (Lipinski definition) is 1. The fourth-order valence-electron chi connectivity index (χ4n) is 1.88. The van der Waals surface area contributed by atoms with E-state index in [2.05, 4.69) is 10.1 Å². The minimum atomic E-state index is -0.455. The number of anilines is 1. The van der Waals surface area contributed by atoms with Crippen LogP contribution in [-0.2, 0) is 9.53 Å². The lowest BCUT2D eigenvalue weighted by Gasteiger charge is -2.09. The summed E-state index contributed by atoms with van der Waals surface area (Å²) in [5, 5.41) is 3.20. The summed E-state index contributed by atoms with van der Waals surface area (Å²) in [6, 6.07) is 13.6. The number of para-hydroxylation sites is 1. The molecule has 0 fully saturated rings. The van der Waals surface area contributed by atoms with Crippen molar-refractivity contribution in [3.8, 4) is 5.75 Å². The van der Waals surface area contributed by atoms with Gasteiger partial charge in [0.2, 0.25) is 5.91 Å². The molecule has 0 saturated carbocycles. The van der Waals surface area contributed by atoms with Gasteiger partial charge in [-0.2, -0.15) is 0 Å². The van der Waals surface area contributed by atoms with E-state index < -0.39 is 5.97 Å². The van der Waals surface area contributed by atoms with Crippen LogP contribution in [0.1, 0.15) is 16.8 Å². The maximum atomic E-state index is 11.9. The Morgan fingerprint density at radius 3 is 2.65 bits per heavy atom. The van der Waals surface area contributed by atoms with Crippen molar-refractivity contribution in [3.05, 3.63) is 59.1 Å². The van der Waals surface area contributed by atoms with E-state index in [1.165, 1.54) is 7.11 Å². The van der Waals surface area contributed by atoms with E-state index in [1.807, 2.05) is 0 Å². The first kappa shape index (κ1) is 16.8. The second-order valence-corrected chi connectivity index (χ2v) is 5.06. The maximum absolute atomic E-state index is 11.9. The van der Waals surface area contributed by atoms with Gasteiger partial charge in [-0.25, -0.2) is 4.79 Å².